The maximum atomic E-state index is 9.59. The first-order valence-electron chi connectivity index (χ1n) is 6.21. The molecule has 0 amide bonds. The minimum absolute atomic E-state index is 0.0481. The molecule has 16 heavy (non-hydrogen) atoms. The molecule has 3 N–H and O–H groups in total. The van der Waals surface area contributed by atoms with Gasteiger partial charge >= 0.3 is 0 Å². The Morgan fingerprint density at radius 1 is 1.31 bits per heavy atom. The molecule has 0 aromatic rings. The van der Waals surface area contributed by atoms with Crippen molar-refractivity contribution < 1.29 is 9.53 Å². The highest BCUT2D eigenvalue weighted by molar-refractivity contribution is 6.74. The highest BCUT2D eigenvalue weighted by atomic mass is 28.4. The number of nitrogens with two attached hydrogens (primary N) is 1. The average Bonchev–Trinajstić information content (AvgIpc) is 2.41. The second kappa shape index (κ2) is 4.76. The van der Waals surface area contributed by atoms with Crippen molar-refractivity contribution in [1.82, 2.24) is 0 Å². The molecule has 1 saturated carbocycles. The van der Waals surface area contributed by atoms with Gasteiger partial charge in [-0.25, -0.2) is 0 Å². The summed E-state index contributed by atoms with van der Waals surface area (Å²) in [5.41, 5.74) is 5.80. The number of aliphatic hydroxyl groups excluding tert-OH is 1. The zero-order valence-electron chi connectivity index (χ0n) is 11.3. The third kappa shape index (κ3) is 3.29. The molecular weight excluding hydrogens is 218 g/mol. The Morgan fingerprint density at radius 3 is 2.25 bits per heavy atom. The van der Waals surface area contributed by atoms with E-state index in [2.05, 4.69) is 33.9 Å². The summed E-state index contributed by atoms with van der Waals surface area (Å²) in [5.74, 6) is 0.444. The Kier molecular flexibility index (Phi) is 4.22. The molecular formula is C12H27NO2Si. The van der Waals surface area contributed by atoms with Gasteiger partial charge in [0, 0.05) is 12.6 Å². The van der Waals surface area contributed by atoms with Crippen LogP contribution in [0.3, 0.4) is 0 Å². The van der Waals surface area contributed by atoms with Crippen molar-refractivity contribution in [1.29, 1.82) is 0 Å². The Labute approximate surface area is 100 Å². The lowest BCUT2D eigenvalue weighted by atomic mass is 10.1. The van der Waals surface area contributed by atoms with Crippen LogP contribution in [0.5, 0.6) is 0 Å². The molecule has 1 aliphatic carbocycles. The predicted octanol–water partition coefficient (Wildman–Crippen LogP) is 2.11. The molecule has 4 heteroatoms. The van der Waals surface area contributed by atoms with Gasteiger partial charge in [0.05, 0.1) is 6.10 Å². The first-order valence-corrected chi connectivity index (χ1v) is 9.12. The van der Waals surface area contributed by atoms with Gasteiger partial charge < -0.3 is 15.3 Å². The molecule has 0 bridgehead atoms. The first kappa shape index (κ1) is 14.2. The van der Waals surface area contributed by atoms with Crippen molar-refractivity contribution in [3.05, 3.63) is 0 Å². The molecule has 0 aromatic heterocycles. The summed E-state index contributed by atoms with van der Waals surface area (Å²) in [5, 5.41) is 9.84. The maximum absolute atomic E-state index is 9.59. The monoisotopic (exact) mass is 245 g/mol. The van der Waals surface area contributed by atoms with Crippen molar-refractivity contribution in [2.45, 2.75) is 63.9 Å². The van der Waals surface area contributed by atoms with Crippen LogP contribution in [0, 0.1) is 5.92 Å². The second-order valence-electron chi connectivity index (χ2n) is 6.64. The van der Waals surface area contributed by atoms with Gasteiger partial charge in [-0.1, -0.05) is 20.8 Å². The van der Waals surface area contributed by atoms with Crippen LogP contribution in [0.15, 0.2) is 0 Å². The van der Waals surface area contributed by atoms with Crippen LogP contribution in [0.2, 0.25) is 18.1 Å². The van der Waals surface area contributed by atoms with Gasteiger partial charge in [0.25, 0.3) is 0 Å². The molecule has 0 saturated heterocycles. The lowest BCUT2D eigenvalue weighted by Gasteiger charge is -2.37. The Hall–Kier alpha value is 0.0969. The van der Waals surface area contributed by atoms with E-state index < -0.39 is 8.32 Å². The van der Waals surface area contributed by atoms with Crippen molar-refractivity contribution in [2.75, 3.05) is 6.61 Å². The molecule has 0 aliphatic heterocycles. The minimum atomic E-state index is -1.64. The molecule has 3 nitrogen and oxygen atoms in total. The van der Waals surface area contributed by atoms with E-state index in [4.69, 9.17) is 10.2 Å². The van der Waals surface area contributed by atoms with E-state index in [9.17, 15) is 5.11 Å². The summed E-state index contributed by atoms with van der Waals surface area (Å²) in [7, 11) is -1.64. The van der Waals surface area contributed by atoms with Crippen LogP contribution in [0.4, 0.5) is 0 Å². The van der Waals surface area contributed by atoms with Crippen molar-refractivity contribution >= 4 is 8.32 Å². The summed E-state index contributed by atoms with van der Waals surface area (Å²) in [6, 6.07) is -0.0481. The summed E-state index contributed by atoms with van der Waals surface area (Å²) >= 11 is 0. The molecule has 0 spiro atoms. The first-order chi connectivity index (χ1) is 7.13. The smallest absolute Gasteiger partial charge is 0.191 e. The lowest BCUT2D eigenvalue weighted by molar-refractivity contribution is 0.153. The van der Waals surface area contributed by atoms with Crippen LogP contribution in [0.25, 0.3) is 0 Å². The summed E-state index contributed by atoms with van der Waals surface area (Å²) in [6.07, 6.45) is 1.37. The van der Waals surface area contributed by atoms with Crippen LogP contribution in [-0.2, 0) is 4.43 Å². The lowest BCUT2D eigenvalue weighted by Crippen LogP contribution is -2.41. The standard InChI is InChI=1S/C12H27NO2Si/c1-12(2,3)16(4,5)15-8-9-6-10(13)11(14)7-9/h9-11,14H,6-8,13H2,1-5H3. The third-order valence-corrected chi connectivity index (χ3v) is 8.66. The Bertz CT molecular complexity index is 228. The van der Waals surface area contributed by atoms with E-state index in [0.717, 1.165) is 19.4 Å². The number of rotatable bonds is 3. The van der Waals surface area contributed by atoms with E-state index in [-0.39, 0.29) is 17.2 Å². The largest absolute Gasteiger partial charge is 0.417 e. The van der Waals surface area contributed by atoms with Gasteiger partial charge in [0.1, 0.15) is 0 Å². The van der Waals surface area contributed by atoms with Crippen LogP contribution >= 0.6 is 0 Å². The maximum Gasteiger partial charge on any atom is 0.191 e. The van der Waals surface area contributed by atoms with E-state index >= 15 is 0 Å². The van der Waals surface area contributed by atoms with Gasteiger partial charge in [-0.15, -0.1) is 0 Å². The average molecular weight is 245 g/mol. The molecule has 3 unspecified atom stereocenters. The fourth-order valence-corrected chi connectivity index (χ4v) is 2.92. The fraction of sp³-hybridized carbons (Fsp3) is 1.00. The summed E-state index contributed by atoms with van der Waals surface area (Å²) < 4.78 is 6.15. The minimum Gasteiger partial charge on any atom is -0.417 e. The zero-order valence-corrected chi connectivity index (χ0v) is 12.3. The summed E-state index contributed by atoms with van der Waals surface area (Å²) in [4.78, 5) is 0. The normalized spacial score (nSPS) is 32.1. The molecule has 1 aliphatic rings. The number of aliphatic hydroxyl groups is 1. The van der Waals surface area contributed by atoms with Crippen molar-refractivity contribution in [2.24, 2.45) is 11.7 Å². The Morgan fingerprint density at radius 2 is 1.88 bits per heavy atom. The van der Waals surface area contributed by atoms with Crippen LogP contribution in [0.1, 0.15) is 33.6 Å². The molecule has 0 aromatic carbocycles. The molecule has 1 fully saturated rings. The predicted molar refractivity (Wildman–Crippen MR) is 69.9 cm³/mol. The van der Waals surface area contributed by atoms with Gasteiger partial charge in [-0.3, -0.25) is 0 Å². The molecule has 0 heterocycles. The molecule has 3 atom stereocenters. The Balaban J connectivity index is 2.41. The highest BCUT2D eigenvalue weighted by Gasteiger charge is 2.39. The zero-order chi connectivity index (χ0) is 12.6. The second-order valence-corrected chi connectivity index (χ2v) is 11.4. The SMILES string of the molecule is CC(C)(C)[Si](C)(C)OCC1CC(N)C(O)C1. The fourth-order valence-electron chi connectivity index (χ4n) is 1.83. The summed E-state index contributed by atoms with van der Waals surface area (Å²) in [6.45, 7) is 12.0. The quantitative estimate of drug-likeness (QED) is 0.749. The van der Waals surface area contributed by atoms with Gasteiger partial charge in [0.2, 0.25) is 0 Å². The number of hydrogen-bond acceptors (Lipinski definition) is 3. The van der Waals surface area contributed by atoms with Gasteiger partial charge in [0.15, 0.2) is 8.32 Å². The van der Waals surface area contributed by atoms with Crippen molar-refractivity contribution in [3.63, 3.8) is 0 Å². The molecule has 96 valence electrons. The third-order valence-electron chi connectivity index (χ3n) is 4.16. The molecule has 0 radical (unpaired) electrons. The van der Waals surface area contributed by atoms with Crippen LogP contribution in [-0.4, -0.2) is 32.2 Å². The van der Waals surface area contributed by atoms with E-state index in [1.807, 2.05) is 0 Å². The van der Waals surface area contributed by atoms with Gasteiger partial charge in [-0.05, 0) is 36.9 Å². The highest BCUT2D eigenvalue weighted by Crippen LogP contribution is 2.37. The number of hydrogen-bond donors (Lipinski definition) is 2. The van der Waals surface area contributed by atoms with Gasteiger partial charge in [-0.2, -0.15) is 0 Å². The van der Waals surface area contributed by atoms with Crippen molar-refractivity contribution in [3.8, 4) is 0 Å². The van der Waals surface area contributed by atoms with E-state index in [0.29, 0.717) is 5.92 Å². The van der Waals surface area contributed by atoms with E-state index in [1.165, 1.54) is 0 Å². The topological polar surface area (TPSA) is 55.5 Å². The van der Waals surface area contributed by atoms with E-state index in [1.54, 1.807) is 0 Å². The molecule has 1 rings (SSSR count). The van der Waals surface area contributed by atoms with Crippen LogP contribution < -0.4 is 5.73 Å².